The van der Waals surface area contributed by atoms with Crippen molar-refractivity contribution in [3.8, 4) is 0 Å². The van der Waals surface area contributed by atoms with E-state index in [2.05, 4.69) is 39.3 Å². The fourth-order valence-corrected chi connectivity index (χ4v) is 2.16. The molecule has 1 nitrogen and oxygen atoms in total. The minimum atomic E-state index is 1.13. The fourth-order valence-electron chi connectivity index (χ4n) is 1.24. The minimum absolute atomic E-state index is 1.13. The molecular formula is C9H8BrNS. The highest BCUT2D eigenvalue weighted by Crippen LogP contribution is 2.28. The maximum Gasteiger partial charge on any atom is 0.0466 e. The summed E-state index contributed by atoms with van der Waals surface area (Å²) in [5, 5.41) is 1.29. The first-order valence-electron chi connectivity index (χ1n) is 3.62. The summed E-state index contributed by atoms with van der Waals surface area (Å²) in [6.45, 7) is 0. The molecule has 3 heteroatoms. The van der Waals surface area contributed by atoms with Crippen LogP contribution in [0.4, 0.5) is 0 Å². The number of thioether (sulfide) groups is 1. The first kappa shape index (κ1) is 8.20. The smallest absolute Gasteiger partial charge is 0.0466 e. The van der Waals surface area contributed by atoms with Crippen LogP contribution in [0.25, 0.3) is 10.9 Å². The summed E-state index contributed by atoms with van der Waals surface area (Å²) in [4.78, 5) is 4.52. The number of H-pyrrole nitrogens is 1. The Labute approximate surface area is 83.7 Å². The van der Waals surface area contributed by atoms with E-state index >= 15 is 0 Å². The van der Waals surface area contributed by atoms with Gasteiger partial charge in [0.25, 0.3) is 0 Å². The highest BCUT2D eigenvalue weighted by molar-refractivity contribution is 9.10. The maximum absolute atomic E-state index is 3.46. The van der Waals surface area contributed by atoms with Crippen LogP contribution < -0.4 is 0 Å². The SMILES string of the molecule is CSc1c[nH]c2ccc(Br)cc12. The van der Waals surface area contributed by atoms with Crippen LogP contribution in [0.5, 0.6) is 0 Å². The first-order chi connectivity index (χ1) is 5.81. The Kier molecular flexibility index (Phi) is 2.15. The Hall–Kier alpha value is -0.410. The zero-order chi connectivity index (χ0) is 8.55. The quantitative estimate of drug-likeness (QED) is 0.754. The average molecular weight is 242 g/mol. The van der Waals surface area contributed by atoms with E-state index in [1.807, 2.05) is 12.3 Å². The van der Waals surface area contributed by atoms with E-state index in [1.54, 1.807) is 11.8 Å². The van der Waals surface area contributed by atoms with E-state index in [4.69, 9.17) is 0 Å². The van der Waals surface area contributed by atoms with Gasteiger partial charge in [-0.25, -0.2) is 0 Å². The molecule has 0 radical (unpaired) electrons. The predicted molar refractivity (Wildman–Crippen MR) is 57.8 cm³/mol. The fraction of sp³-hybridized carbons (Fsp3) is 0.111. The zero-order valence-corrected chi connectivity index (χ0v) is 9.00. The number of nitrogens with one attached hydrogen (secondary N) is 1. The summed E-state index contributed by atoms with van der Waals surface area (Å²) >= 11 is 5.22. The largest absolute Gasteiger partial charge is 0.360 e. The van der Waals surface area contributed by atoms with E-state index in [9.17, 15) is 0 Å². The van der Waals surface area contributed by atoms with Crippen LogP contribution in [0.2, 0.25) is 0 Å². The lowest BCUT2D eigenvalue weighted by atomic mass is 10.2. The lowest BCUT2D eigenvalue weighted by molar-refractivity contribution is 1.42. The predicted octanol–water partition coefficient (Wildman–Crippen LogP) is 3.65. The van der Waals surface area contributed by atoms with Crippen LogP contribution in [0.1, 0.15) is 0 Å². The van der Waals surface area contributed by atoms with Gasteiger partial charge < -0.3 is 4.98 Å². The molecule has 0 aliphatic carbocycles. The number of benzene rings is 1. The molecule has 0 fully saturated rings. The van der Waals surface area contributed by atoms with Gasteiger partial charge in [-0.15, -0.1) is 11.8 Å². The number of fused-ring (bicyclic) bond motifs is 1. The molecular weight excluding hydrogens is 234 g/mol. The summed E-state index contributed by atoms with van der Waals surface area (Å²) in [6.07, 6.45) is 4.13. The molecule has 1 aromatic carbocycles. The third kappa shape index (κ3) is 1.27. The van der Waals surface area contributed by atoms with Gasteiger partial charge in [0, 0.05) is 26.5 Å². The molecule has 0 spiro atoms. The van der Waals surface area contributed by atoms with Crippen LogP contribution >= 0.6 is 27.7 Å². The standard InChI is InChI=1S/C9H8BrNS/c1-12-9-5-11-8-3-2-6(10)4-7(8)9/h2-5,11H,1H3. The molecule has 12 heavy (non-hydrogen) atoms. The molecule has 2 rings (SSSR count). The zero-order valence-electron chi connectivity index (χ0n) is 6.60. The lowest BCUT2D eigenvalue weighted by Gasteiger charge is -1.93. The van der Waals surface area contributed by atoms with Crippen LogP contribution in [0.15, 0.2) is 33.8 Å². The van der Waals surface area contributed by atoms with Gasteiger partial charge in [0.1, 0.15) is 0 Å². The van der Waals surface area contributed by atoms with Crippen molar-refractivity contribution in [2.24, 2.45) is 0 Å². The van der Waals surface area contributed by atoms with Crippen molar-refractivity contribution in [2.75, 3.05) is 6.26 Å². The van der Waals surface area contributed by atoms with Crippen molar-refractivity contribution in [3.05, 3.63) is 28.9 Å². The molecule has 0 unspecified atom stereocenters. The van der Waals surface area contributed by atoms with Crippen LogP contribution in [-0.2, 0) is 0 Å². The number of aromatic amines is 1. The van der Waals surface area contributed by atoms with Gasteiger partial charge in [0.05, 0.1) is 0 Å². The lowest BCUT2D eigenvalue weighted by Crippen LogP contribution is -1.68. The van der Waals surface area contributed by atoms with Gasteiger partial charge in [-0.2, -0.15) is 0 Å². The number of aromatic nitrogens is 1. The van der Waals surface area contributed by atoms with Crippen molar-refractivity contribution in [2.45, 2.75) is 4.90 Å². The van der Waals surface area contributed by atoms with Crippen molar-refractivity contribution in [1.82, 2.24) is 4.98 Å². The molecule has 1 N–H and O–H groups in total. The van der Waals surface area contributed by atoms with E-state index < -0.39 is 0 Å². The summed E-state index contributed by atoms with van der Waals surface area (Å²) in [5.74, 6) is 0. The normalized spacial score (nSPS) is 10.8. The van der Waals surface area contributed by atoms with Gasteiger partial charge >= 0.3 is 0 Å². The number of rotatable bonds is 1. The number of hydrogen-bond acceptors (Lipinski definition) is 1. The van der Waals surface area contributed by atoms with Crippen LogP contribution in [-0.4, -0.2) is 11.2 Å². The van der Waals surface area contributed by atoms with E-state index in [-0.39, 0.29) is 0 Å². The van der Waals surface area contributed by atoms with Crippen molar-refractivity contribution in [3.63, 3.8) is 0 Å². The number of hydrogen-bond donors (Lipinski definition) is 1. The summed E-state index contributed by atoms with van der Waals surface area (Å²) < 4.78 is 1.13. The Bertz CT molecular complexity index is 408. The van der Waals surface area contributed by atoms with E-state index in [0.717, 1.165) is 4.47 Å². The van der Waals surface area contributed by atoms with Crippen LogP contribution in [0.3, 0.4) is 0 Å². The number of halogens is 1. The van der Waals surface area contributed by atoms with Crippen molar-refractivity contribution in [1.29, 1.82) is 0 Å². The molecule has 0 bridgehead atoms. The molecule has 1 aromatic heterocycles. The first-order valence-corrected chi connectivity index (χ1v) is 5.63. The van der Waals surface area contributed by atoms with Crippen molar-refractivity contribution >= 4 is 38.6 Å². The second kappa shape index (κ2) is 3.15. The Balaban J connectivity index is 2.75. The molecule has 0 saturated heterocycles. The van der Waals surface area contributed by atoms with E-state index in [0.29, 0.717) is 0 Å². The Morgan fingerprint density at radius 3 is 3.00 bits per heavy atom. The Morgan fingerprint density at radius 1 is 1.42 bits per heavy atom. The molecule has 0 aliphatic rings. The topological polar surface area (TPSA) is 15.8 Å². The molecule has 2 aromatic rings. The molecule has 1 heterocycles. The summed E-state index contributed by atoms with van der Waals surface area (Å²) in [5.41, 5.74) is 1.20. The minimum Gasteiger partial charge on any atom is -0.360 e. The maximum atomic E-state index is 3.46. The van der Waals surface area contributed by atoms with Gasteiger partial charge in [-0.3, -0.25) is 0 Å². The molecule has 0 saturated carbocycles. The second-order valence-corrected chi connectivity index (χ2v) is 4.31. The summed E-state index contributed by atoms with van der Waals surface area (Å²) in [6, 6.07) is 6.26. The van der Waals surface area contributed by atoms with Gasteiger partial charge in [0.15, 0.2) is 0 Å². The van der Waals surface area contributed by atoms with E-state index in [1.165, 1.54) is 15.8 Å². The third-order valence-corrected chi connectivity index (χ3v) is 3.10. The summed E-state index contributed by atoms with van der Waals surface area (Å²) in [7, 11) is 0. The monoisotopic (exact) mass is 241 g/mol. The average Bonchev–Trinajstić information content (AvgIpc) is 2.46. The van der Waals surface area contributed by atoms with Gasteiger partial charge in [-0.1, -0.05) is 15.9 Å². The van der Waals surface area contributed by atoms with Gasteiger partial charge in [-0.05, 0) is 24.5 Å². The molecule has 62 valence electrons. The Morgan fingerprint density at radius 2 is 2.25 bits per heavy atom. The van der Waals surface area contributed by atoms with Crippen molar-refractivity contribution < 1.29 is 0 Å². The highest BCUT2D eigenvalue weighted by atomic mass is 79.9. The molecule has 0 aliphatic heterocycles. The second-order valence-electron chi connectivity index (χ2n) is 2.55. The third-order valence-electron chi connectivity index (χ3n) is 1.83. The molecule has 0 amide bonds. The van der Waals surface area contributed by atoms with Crippen LogP contribution in [0, 0.1) is 0 Å². The molecule has 0 atom stereocenters. The van der Waals surface area contributed by atoms with Gasteiger partial charge in [0.2, 0.25) is 0 Å². The highest BCUT2D eigenvalue weighted by Gasteiger charge is 2.01.